The van der Waals surface area contributed by atoms with Crippen LogP contribution >= 0.6 is 0 Å². The standard InChI is InChI=1S/C14H20O3/c1-2-13(15)6-3-4-11-10-14(7-5-12(11)13)16-8-9-17-14/h2,15H,1,3-10H2. The molecule has 2 aliphatic carbocycles. The molecule has 94 valence electrons. The molecule has 17 heavy (non-hydrogen) atoms. The first-order chi connectivity index (χ1) is 8.18. The van der Waals surface area contributed by atoms with E-state index in [0.717, 1.165) is 38.5 Å². The first-order valence-corrected chi connectivity index (χ1v) is 6.53. The first-order valence-electron chi connectivity index (χ1n) is 6.53. The van der Waals surface area contributed by atoms with E-state index in [2.05, 4.69) is 6.58 Å². The second-order valence-electron chi connectivity index (χ2n) is 5.35. The van der Waals surface area contributed by atoms with Crippen LogP contribution in [0.1, 0.15) is 38.5 Å². The molecule has 0 aromatic heterocycles. The van der Waals surface area contributed by atoms with Crippen molar-refractivity contribution in [3.8, 4) is 0 Å². The lowest BCUT2D eigenvalue weighted by Gasteiger charge is -2.42. The largest absolute Gasteiger partial charge is 0.381 e. The maximum Gasteiger partial charge on any atom is 0.172 e. The van der Waals surface area contributed by atoms with Crippen molar-refractivity contribution in [2.75, 3.05) is 13.2 Å². The molecule has 0 saturated carbocycles. The Balaban J connectivity index is 1.91. The van der Waals surface area contributed by atoms with E-state index >= 15 is 0 Å². The highest BCUT2D eigenvalue weighted by Gasteiger charge is 2.45. The van der Waals surface area contributed by atoms with Crippen molar-refractivity contribution < 1.29 is 14.6 Å². The number of rotatable bonds is 1. The van der Waals surface area contributed by atoms with Crippen LogP contribution in [-0.2, 0) is 9.47 Å². The van der Waals surface area contributed by atoms with Gasteiger partial charge in [-0.15, -0.1) is 0 Å². The first kappa shape index (κ1) is 11.5. The van der Waals surface area contributed by atoms with Gasteiger partial charge in [0.2, 0.25) is 0 Å². The predicted molar refractivity (Wildman–Crippen MR) is 64.5 cm³/mol. The minimum atomic E-state index is -0.770. The molecule has 1 saturated heterocycles. The van der Waals surface area contributed by atoms with E-state index in [-0.39, 0.29) is 5.79 Å². The molecule has 1 spiro atoms. The second kappa shape index (κ2) is 3.94. The van der Waals surface area contributed by atoms with E-state index in [1.165, 1.54) is 11.1 Å². The Hall–Kier alpha value is -0.640. The molecule has 1 fully saturated rings. The lowest BCUT2D eigenvalue weighted by atomic mass is 9.71. The van der Waals surface area contributed by atoms with Gasteiger partial charge in [-0.2, -0.15) is 0 Å². The summed E-state index contributed by atoms with van der Waals surface area (Å²) in [5.74, 6) is -0.377. The molecule has 0 radical (unpaired) electrons. The molecule has 0 aromatic rings. The number of aliphatic hydroxyl groups is 1. The third-order valence-corrected chi connectivity index (χ3v) is 4.38. The molecule has 3 rings (SSSR count). The van der Waals surface area contributed by atoms with Crippen LogP contribution in [0.25, 0.3) is 0 Å². The Bertz CT molecular complexity index is 366. The van der Waals surface area contributed by atoms with Gasteiger partial charge in [-0.3, -0.25) is 0 Å². The molecule has 1 unspecified atom stereocenters. The lowest BCUT2D eigenvalue weighted by Crippen LogP contribution is -2.41. The fourth-order valence-corrected chi connectivity index (χ4v) is 3.47. The van der Waals surface area contributed by atoms with Gasteiger partial charge in [0.05, 0.1) is 13.2 Å². The molecule has 3 aliphatic rings. The molecule has 3 nitrogen and oxygen atoms in total. The van der Waals surface area contributed by atoms with Crippen molar-refractivity contribution >= 4 is 0 Å². The van der Waals surface area contributed by atoms with Crippen LogP contribution in [0.3, 0.4) is 0 Å². The third-order valence-electron chi connectivity index (χ3n) is 4.38. The molecular weight excluding hydrogens is 216 g/mol. The molecular formula is C14H20O3. The summed E-state index contributed by atoms with van der Waals surface area (Å²) in [6.07, 6.45) is 7.18. The van der Waals surface area contributed by atoms with Gasteiger partial charge in [0.1, 0.15) is 5.60 Å². The summed E-state index contributed by atoms with van der Waals surface area (Å²) >= 11 is 0. The molecule has 0 amide bonds. The minimum Gasteiger partial charge on any atom is -0.381 e. The summed E-state index contributed by atoms with van der Waals surface area (Å²) in [5.41, 5.74) is 1.75. The summed E-state index contributed by atoms with van der Waals surface area (Å²) in [6, 6.07) is 0. The Morgan fingerprint density at radius 2 is 1.94 bits per heavy atom. The number of hydrogen-bond donors (Lipinski definition) is 1. The number of ether oxygens (including phenoxy) is 2. The zero-order valence-corrected chi connectivity index (χ0v) is 10.2. The molecule has 0 bridgehead atoms. The van der Waals surface area contributed by atoms with Gasteiger partial charge in [0.15, 0.2) is 5.79 Å². The highest BCUT2D eigenvalue weighted by atomic mass is 16.7. The Morgan fingerprint density at radius 3 is 2.65 bits per heavy atom. The Labute approximate surface area is 102 Å². The van der Waals surface area contributed by atoms with E-state index in [1.807, 2.05) is 0 Å². The predicted octanol–water partition coefficient (Wildman–Crippen LogP) is 2.31. The monoisotopic (exact) mass is 236 g/mol. The average molecular weight is 236 g/mol. The molecule has 1 heterocycles. The fraction of sp³-hybridized carbons (Fsp3) is 0.714. The minimum absolute atomic E-state index is 0.377. The van der Waals surface area contributed by atoms with Crippen molar-refractivity contribution in [1.29, 1.82) is 0 Å². The van der Waals surface area contributed by atoms with Gasteiger partial charge < -0.3 is 14.6 Å². The highest BCUT2D eigenvalue weighted by Crippen LogP contribution is 2.47. The van der Waals surface area contributed by atoms with Crippen molar-refractivity contribution in [3.05, 3.63) is 23.8 Å². The maximum absolute atomic E-state index is 10.5. The van der Waals surface area contributed by atoms with Crippen molar-refractivity contribution in [3.63, 3.8) is 0 Å². The Morgan fingerprint density at radius 1 is 1.18 bits per heavy atom. The van der Waals surface area contributed by atoms with Crippen LogP contribution in [0, 0.1) is 0 Å². The summed E-state index contributed by atoms with van der Waals surface area (Å²) in [4.78, 5) is 0. The molecule has 1 N–H and O–H groups in total. The van der Waals surface area contributed by atoms with Gasteiger partial charge in [-0.25, -0.2) is 0 Å². The Kier molecular flexibility index (Phi) is 2.65. The second-order valence-corrected chi connectivity index (χ2v) is 5.35. The molecule has 1 aliphatic heterocycles. The summed E-state index contributed by atoms with van der Waals surface area (Å²) in [6.45, 7) is 5.19. The van der Waals surface area contributed by atoms with E-state index in [1.54, 1.807) is 6.08 Å². The van der Waals surface area contributed by atoms with Crippen molar-refractivity contribution in [2.45, 2.75) is 49.9 Å². The zero-order chi connectivity index (χ0) is 11.9. The third kappa shape index (κ3) is 1.77. The van der Waals surface area contributed by atoms with Crippen LogP contribution in [0.15, 0.2) is 23.8 Å². The summed E-state index contributed by atoms with van der Waals surface area (Å²) in [5, 5.41) is 10.5. The average Bonchev–Trinajstić information content (AvgIpc) is 2.77. The molecule has 0 aromatic carbocycles. The van der Waals surface area contributed by atoms with Crippen LogP contribution in [0.2, 0.25) is 0 Å². The summed E-state index contributed by atoms with van der Waals surface area (Å²) in [7, 11) is 0. The van der Waals surface area contributed by atoms with Crippen LogP contribution < -0.4 is 0 Å². The normalized spacial score (nSPS) is 36.1. The number of hydrogen-bond acceptors (Lipinski definition) is 3. The fourth-order valence-electron chi connectivity index (χ4n) is 3.47. The quantitative estimate of drug-likeness (QED) is 0.710. The maximum atomic E-state index is 10.5. The van der Waals surface area contributed by atoms with Crippen LogP contribution in [0.5, 0.6) is 0 Å². The topological polar surface area (TPSA) is 38.7 Å². The van der Waals surface area contributed by atoms with Crippen LogP contribution in [0.4, 0.5) is 0 Å². The van der Waals surface area contributed by atoms with Crippen LogP contribution in [-0.4, -0.2) is 29.7 Å². The SMILES string of the molecule is C=CC1(O)CCCC2=C1CCC1(C2)OCCO1. The van der Waals surface area contributed by atoms with Gasteiger partial charge in [0.25, 0.3) is 0 Å². The van der Waals surface area contributed by atoms with Crippen molar-refractivity contribution in [2.24, 2.45) is 0 Å². The van der Waals surface area contributed by atoms with Gasteiger partial charge >= 0.3 is 0 Å². The van der Waals surface area contributed by atoms with E-state index in [0.29, 0.717) is 13.2 Å². The van der Waals surface area contributed by atoms with Gasteiger partial charge in [0, 0.05) is 12.8 Å². The summed E-state index contributed by atoms with van der Waals surface area (Å²) < 4.78 is 11.5. The van der Waals surface area contributed by atoms with E-state index < -0.39 is 5.60 Å². The van der Waals surface area contributed by atoms with Gasteiger partial charge in [-0.05, 0) is 31.3 Å². The highest BCUT2D eigenvalue weighted by molar-refractivity contribution is 5.34. The van der Waals surface area contributed by atoms with Crippen molar-refractivity contribution in [1.82, 2.24) is 0 Å². The van der Waals surface area contributed by atoms with E-state index in [9.17, 15) is 5.11 Å². The molecule has 1 atom stereocenters. The zero-order valence-electron chi connectivity index (χ0n) is 10.2. The van der Waals surface area contributed by atoms with E-state index in [4.69, 9.17) is 9.47 Å². The van der Waals surface area contributed by atoms with Gasteiger partial charge in [-0.1, -0.05) is 18.2 Å². The lowest BCUT2D eigenvalue weighted by molar-refractivity contribution is -0.166. The smallest absolute Gasteiger partial charge is 0.172 e. The molecule has 3 heteroatoms.